The molecule has 0 fully saturated rings. The van der Waals surface area contributed by atoms with E-state index in [1.807, 2.05) is 48.9 Å². The molecular weight excluding hydrogens is 431 g/mol. The van der Waals surface area contributed by atoms with E-state index >= 15 is 0 Å². The molecule has 152 valence electrons. The van der Waals surface area contributed by atoms with Crippen molar-refractivity contribution in [3.8, 4) is 17.1 Å². The number of thioether (sulfide) groups is 1. The Kier molecular flexibility index (Phi) is 7.05. The fraction of sp³-hybridized carbons (Fsp3) is 0.250. The molecule has 1 amide bonds. The topological polar surface area (TPSA) is 69.0 Å². The maximum absolute atomic E-state index is 12.4. The van der Waals surface area contributed by atoms with Crippen LogP contribution in [0.15, 0.2) is 47.6 Å². The number of ether oxygens (including phenoxy) is 1. The third-order valence-corrected chi connectivity index (χ3v) is 5.90. The molecule has 2 aromatic carbocycles. The summed E-state index contributed by atoms with van der Waals surface area (Å²) in [7, 11) is 3.47. The van der Waals surface area contributed by atoms with Gasteiger partial charge in [0, 0.05) is 17.1 Å². The highest BCUT2D eigenvalue weighted by Crippen LogP contribution is 2.30. The number of hydrogen-bond acceptors (Lipinski definition) is 5. The first kappa shape index (κ1) is 21.5. The number of aromatic nitrogens is 3. The van der Waals surface area contributed by atoms with E-state index in [1.165, 1.54) is 11.8 Å². The molecule has 0 saturated carbocycles. The summed E-state index contributed by atoms with van der Waals surface area (Å²) < 4.78 is 7.24. The zero-order chi connectivity index (χ0) is 21.0. The fourth-order valence-electron chi connectivity index (χ4n) is 2.85. The van der Waals surface area contributed by atoms with E-state index in [-0.39, 0.29) is 17.7 Å². The SMILES string of the molecule is COc1ccccc1-c1nnc(SCC(=O)NC(C)c2ccc(Cl)cc2Cl)n1C. The average Bonchev–Trinajstić information content (AvgIpc) is 3.06. The van der Waals surface area contributed by atoms with Gasteiger partial charge in [0.25, 0.3) is 0 Å². The molecule has 1 atom stereocenters. The lowest BCUT2D eigenvalue weighted by molar-refractivity contribution is -0.119. The summed E-state index contributed by atoms with van der Waals surface area (Å²) in [6.07, 6.45) is 0. The van der Waals surface area contributed by atoms with Crippen LogP contribution in [0.3, 0.4) is 0 Å². The van der Waals surface area contributed by atoms with E-state index in [2.05, 4.69) is 15.5 Å². The number of nitrogens with one attached hydrogen (secondary N) is 1. The van der Waals surface area contributed by atoms with Crippen LogP contribution in [0.25, 0.3) is 11.4 Å². The Morgan fingerprint density at radius 2 is 2.00 bits per heavy atom. The van der Waals surface area contributed by atoms with Crippen molar-refractivity contribution < 1.29 is 9.53 Å². The van der Waals surface area contributed by atoms with Gasteiger partial charge in [-0.3, -0.25) is 4.79 Å². The molecule has 0 aliphatic rings. The van der Waals surface area contributed by atoms with Crippen molar-refractivity contribution in [2.75, 3.05) is 12.9 Å². The summed E-state index contributed by atoms with van der Waals surface area (Å²) in [5.74, 6) is 1.46. The lowest BCUT2D eigenvalue weighted by atomic mass is 10.1. The number of nitrogens with zero attached hydrogens (tertiary/aromatic N) is 3. The summed E-state index contributed by atoms with van der Waals surface area (Å²) in [5.41, 5.74) is 1.65. The molecule has 3 aromatic rings. The van der Waals surface area contributed by atoms with Gasteiger partial charge in [-0.15, -0.1) is 10.2 Å². The molecule has 0 aliphatic carbocycles. The molecule has 0 saturated heterocycles. The second-order valence-electron chi connectivity index (χ2n) is 6.31. The third-order valence-electron chi connectivity index (χ3n) is 4.32. The molecule has 0 aliphatic heterocycles. The number of carbonyl (C=O) groups excluding carboxylic acids is 1. The van der Waals surface area contributed by atoms with Gasteiger partial charge < -0.3 is 14.6 Å². The highest BCUT2D eigenvalue weighted by Gasteiger charge is 2.17. The number of halogens is 2. The minimum absolute atomic E-state index is 0.129. The van der Waals surface area contributed by atoms with Crippen LogP contribution in [0.4, 0.5) is 0 Å². The van der Waals surface area contributed by atoms with Gasteiger partial charge in [0.05, 0.1) is 24.5 Å². The van der Waals surface area contributed by atoms with Gasteiger partial charge in [0.1, 0.15) is 5.75 Å². The van der Waals surface area contributed by atoms with E-state index in [4.69, 9.17) is 27.9 Å². The maximum atomic E-state index is 12.4. The summed E-state index contributed by atoms with van der Waals surface area (Å²) in [4.78, 5) is 12.4. The maximum Gasteiger partial charge on any atom is 0.230 e. The highest BCUT2D eigenvalue weighted by atomic mass is 35.5. The van der Waals surface area contributed by atoms with E-state index in [0.717, 1.165) is 11.1 Å². The monoisotopic (exact) mass is 450 g/mol. The van der Waals surface area contributed by atoms with Crippen molar-refractivity contribution >= 4 is 40.9 Å². The first-order chi connectivity index (χ1) is 13.9. The summed E-state index contributed by atoms with van der Waals surface area (Å²) in [6, 6.07) is 12.6. The Labute approximate surface area is 183 Å². The Morgan fingerprint density at radius 1 is 1.24 bits per heavy atom. The van der Waals surface area contributed by atoms with Crippen molar-refractivity contribution in [1.82, 2.24) is 20.1 Å². The highest BCUT2D eigenvalue weighted by molar-refractivity contribution is 7.99. The molecule has 0 radical (unpaired) electrons. The van der Waals surface area contributed by atoms with Crippen LogP contribution >= 0.6 is 35.0 Å². The van der Waals surface area contributed by atoms with Crippen LogP contribution in [0.2, 0.25) is 10.0 Å². The van der Waals surface area contributed by atoms with Gasteiger partial charge in [-0.1, -0.05) is 53.2 Å². The standard InChI is InChI=1S/C20H20Cl2N4O2S/c1-12(14-9-8-13(21)10-16(14)22)23-18(27)11-29-20-25-24-19(26(20)2)15-6-4-5-7-17(15)28-3/h4-10,12H,11H2,1-3H3,(H,23,27). The van der Waals surface area contributed by atoms with Crippen molar-refractivity contribution in [3.05, 3.63) is 58.1 Å². The van der Waals surface area contributed by atoms with Gasteiger partial charge in [0.15, 0.2) is 11.0 Å². The van der Waals surface area contributed by atoms with Gasteiger partial charge in [-0.05, 0) is 36.8 Å². The number of para-hydroxylation sites is 1. The number of hydrogen-bond donors (Lipinski definition) is 1. The van der Waals surface area contributed by atoms with E-state index < -0.39 is 0 Å². The predicted octanol–water partition coefficient (Wildman–Crippen LogP) is 4.77. The van der Waals surface area contributed by atoms with Crippen LogP contribution in [-0.2, 0) is 11.8 Å². The van der Waals surface area contributed by atoms with E-state index in [9.17, 15) is 4.79 Å². The lowest BCUT2D eigenvalue weighted by Gasteiger charge is -2.15. The molecule has 1 N–H and O–H groups in total. The molecular formula is C20H20Cl2N4O2S. The van der Waals surface area contributed by atoms with Crippen LogP contribution in [0.5, 0.6) is 5.75 Å². The summed E-state index contributed by atoms with van der Waals surface area (Å²) in [6.45, 7) is 1.87. The Morgan fingerprint density at radius 3 is 2.72 bits per heavy atom. The zero-order valence-corrected chi connectivity index (χ0v) is 18.5. The normalized spacial score (nSPS) is 11.9. The quantitative estimate of drug-likeness (QED) is 0.525. The zero-order valence-electron chi connectivity index (χ0n) is 16.1. The van der Waals surface area contributed by atoms with Crippen LogP contribution in [0.1, 0.15) is 18.5 Å². The van der Waals surface area contributed by atoms with Crippen molar-refractivity contribution in [3.63, 3.8) is 0 Å². The lowest BCUT2D eigenvalue weighted by Crippen LogP contribution is -2.28. The average molecular weight is 451 g/mol. The molecule has 9 heteroatoms. The predicted molar refractivity (Wildman–Crippen MR) is 117 cm³/mol. The van der Waals surface area contributed by atoms with Crippen LogP contribution in [-0.4, -0.2) is 33.5 Å². The number of rotatable bonds is 7. The number of benzene rings is 2. The molecule has 1 unspecified atom stereocenters. The van der Waals surface area contributed by atoms with Gasteiger partial charge in [-0.2, -0.15) is 0 Å². The number of methoxy groups -OCH3 is 1. The van der Waals surface area contributed by atoms with Crippen LogP contribution < -0.4 is 10.1 Å². The molecule has 6 nitrogen and oxygen atoms in total. The van der Waals surface area contributed by atoms with Gasteiger partial charge >= 0.3 is 0 Å². The summed E-state index contributed by atoms with van der Waals surface area (Å²) in [5, 5.41) is 13.1. The third kappa shape index (κ3) is 5.04. The van der Waals surface area contributed by atoms with Crippen molar-refractivity contribution in [2.24, 2.45) is 7.05 Å². The van der Waals surface area contributed by atoms with Crippen molar-refractivity contribution in [1.29, 1.82) is 0 Å². The minimum atomic E-state index is -0.239. The minimum Gasteiger partial charge on any atom is -0.496 e. The molecule has 0 bridgehead atoms. The Hall–Kier alpha value is -2.22. The van der Waals surface area contributed by atoms with E-state index in [1.54, 1.807) is 19.2 Å². The molecule has 29 heavy (non-hydrogen) atoms. The van der Waals surface area contributed by atoms with Crippen molar-refractivity contribution in [2.45, 2.75) is 18.1 Å². The largest absolute Gasteiger partial charge is 0.496 e. The number of amides is 1. The second kappa shape index (κ2) is 9.52. The fourth-order valence-corrected chi connectivity index (χ4v) is 4.14. The molecule has 0 spiro atoms. The van der Waals surface area contributed by atoms with Crippen LogP contribution in [0, 0.1) is 0 Å². The van der Waals surface area contributed by atoms with E-state index in [0.29, 0.717) is 26.8 Å². The smallest absolute Gasteiger partial charge is 0.230 e. The Bertz CT molecular complexity index is 1030. The molecule has 1 aromatic heterocycles. The molecule has 3 rings (SSSR count). The van der Waals surface area contributed by atoms with Gasteiger partial charge in [-0.25, -0.2) is 0 Å². The summed E-state index contributed by atoms with van der Waals surface area (Å²) >= 11 is 13.5. The second-order valence-corrected chi connectivity index (χ2v) is 8.10. The van der Waals surface area contributed by atoms with Gasteiger partial charge in [0.2, 0.25) is 5.91 Å². The Balaban J connectivity index is 1.64. The first-order valence-corrected chi connectivity index (χ1v) is 10.5. The number of carbonyl (C=O) groups is 1. The first-order valence-electron chi connectivity index (χ1n) is 8.80. The molecule has 1 heterocycles.